The van der Waals surface area contributed by atoms with E-state index in [4.69, 9.17) is 11.6 Å². The molecule has 1 aromatic carbocycles. The van der Waals surface area contributed by atoms with Crippen molar-refractivity contribution in [1.82, 2.24) is 4.90 Å². The molecule has 0 aliphatic rings. The van der Waals surface area contributed by atoms with Crippen LogP contribution in [0.4, 0.5) is 0 Å². The molecule has 1 aromatic rings. The number of hydrogen-bond acceptors (Lipinski definition) is 2. The highest BCUT2D eigenvalue weighted by Crippen LogP contribution is 2.24. The lowest BCUT2D eigenvalue weighted by atomic mass is 10.0. The molecule has 2 nitrogen and oxygen atoms in total. The van der Waals surface area contributed by atoms with Gasteiger partial charge in [-0.1, -0.05) is 102 Å². The predicted octanol–water partition coefficient (Wildman–Crippen LogP) is 7.78. The van der Waals surface area contributed by atoms with E-state index in [1.807, 2.05) is 24.3 Å². The fraction of sp³-hybridized carbons (Fsp3) is 0.760. The van der Waals surface area contributed by atoms with Crippen LogP contribution in [-0.2, 0) is 0 Å². The molecule has 0 fully saturated rings. The lowest BCUT2D eigenvalue weighted by molar-refractivity contribution is 0.0554. The maximum atomic E-state index is 10.9. The van der Waals surface area contributed by atoms with E-state index < -0.39 is 6.10 Å². The average molecular weight is 410 g/mol. The van der Waals surface area contributed by atoms with Crippen molar-refractivity contribution in [3.05, 3.63) is 34.9 Å². The first-order chi connectivity index (χ1) is 13.6. The highest BCUT2D eigenvalue weighted by atomic mass is 35.5. The van der Waals surface area contributed by atoms with Crippen molar-refractivity contribution in [2.24, 2.45) is 0 Å². The van der Waals surface area contributed by atoms with E-state index in [1.54, 1.807) is 0 Å². The van der Waals surface area contributed by atoms with E-state index in [0.717, 1.165) is 23.7 Å². The van der Waals surface area contributed by atoms with Gasteiger partial charge >= 0.3 is 0 Å². The van der Waals surface area contributed by atoms with Crippen LogP contribution in [0.5, 0.6) is 0 Å². The lowest BCUT2D eigenvalue weighted by Crippen LogP contribution is -2.39. The molecule has 0 radical (unpaired) electrons. The Balaban J connectivity index is 2.52. The minimum absolute atomic E-state index is 0.132. The Kier molecular flexibility index (Phi) is 14.8. The molecule has 28 heavy (non-hydrogen) atoms. The second-order valence-electron chi connectivity index (χ2n) is 8.31. The number of halogens is 1. The van der Waals surface area contributed by atoms with Gasteiger partial charge in [-0.25, -0.2) is 0 Å². The molecule has 0 aliphatic heterocycles. The summed E-state index contributed by atoms with van der Waals surface area (Å²) in [7, 11) is 0. The van der Waals surface area contributed by atoms with Gasteiger partial charge in [0, 0.05) is 11.1 Å². The van der Waals surface area contributed by atoms with Crippen molar-refractivity contribution in [2.45, 2.75) is 110 Å². The van der Waals surface area contributed by atoms with Crippen molar-refractivity contribution in [1.29, 1.82) is 0 Å². The molecule has 0 heterocycles. The molecule has 0 aromatic heterocycles. The number of aliphatic hydroxyl groups excluding tert-OH is 1. The minimum atomic E-state index is -0.461. The summed E-state index contributed by atoms with van der Waals surface area (Å²) in [5.74, 6) is 0. The van der Waals surface area contributed by atoms with Gasteiger partial charge in [-0.15, -0.1) is 0 Å². The zero-order valence-corrected chi connectivity index (χ0v) is 19.4. The molecule has 1 N–H and O–H groups in total. The van der Waals surface area contributed by atoms with Crippen LogP contribution in [0.15, 0.2) is 24.3 Å². The Morgan fingerprint density at radius 2 is 1.18 bits per heavy atom. The molecule has 0 aliphatic carbocycles. The van der Waals surface area contributed by atoms with Crippen molar-refractivity contribution < 1.29 is 5.11 Å². The van der Waals surface area contributed by atoms with Crippen molar-refractivity contribution in [2.75, 3.05) is 13.1 Å². The first-order valence-corrected chi connectivity index (χ1v) is 12.2. The summed E-state index contributed by atoms with van der Waals surface area (Å²) >= 11 is 6.01. The highest BCUT2D eigenvalue weighted by molar-refractivity contribution is 6.30. The highest BCUT2D eigenvalue weighted by Gasteiger charge is 2.22. The van der Waals surface area contributed by atoms with Crippen molar-refractivity contribution in [3.63, 3.8) is 0 Å². The number of nitrogens with zero attached hydrogens (tertiary/aromatic N) is 1. The van der Waals surface area contributed by atoms with E-state index in [1.165, 1.54) is 77.0 Å². The summed E-state index contributed by atoms with van der Waals surface area (Å²) in [5.41, 5.74) is 0.966. The summed E-state index contributed by atoms with van der Waals surface area (Å²) in [6, 6.07) is 7.79. The van der Waals surface area contributed by atoms with Crippen LogP contribution >= 0.6 is 11.6 Å². The Morgan fingerprint density at radius 3 is 1.64 bits per heavy atom. The van der Waals surface area contributed by atoms with E-state index in [0.29, 0.717) is 0 Å². The third-order valence-corrected chi connectivity index (χ3v) is 6.09. The molecule has 2 atom stereocenters. The molecule has 3 heteroatoms. The molecule has 1 rings (SSSR count). The van der Waals surface area contributed by atoms with E-state index >= 15 is 0 Å². The molecule has 0 amide bonds. The summed E-state index contributed by atoms with van der Waals surface area (Å²) in [6.07, 6.45) is 15.3. The Bertz CT molecular complexity index is 460. The van der Waals surface area contributed by atoms with Gasteiger partial charge in [-0.2, -0.15) is 0 Å². The van der Waals surface area contributed by atoms with Crippen LogP contribution < -0.4 is 0 Å². The molecule has 0 saturated carbocycles. The summed E-state index contributed by atoms with van der Waals surface area (Å²) in [5, 5.41) is 11.6. The normalized spacial score (nSPS) is 13.8. The minimum Gasteiger partial charge on any atom is -0.387 e. The summed E-state index contributed by atoms with van der Waals surface area (Å²) in [6.45, 7) is 8.89. The van der Waals surface area contributed by atoms with E-state index in [2.05, 4.69) is 25.7 Å². The SMILES string of the molecule is CCCCCCCCN(CCCCCCCC)[C@@H](C)[C@@H](O)c1ccc(Cl)cc1. The van der Waals surface area contributed by atoms with Gasteiger partial charge in [0.05, 0.1) is 6.10 Å². The number of aliphatic hydroxyl groups is 1. The lowest BCUT2D eigenvalue weighted by Gasteiger charge is -2.33. The molecule has 0 spiro atoms. The van der Waals surface area contributed by atoms with E-state index in [9.17, 15) is 5.11 Å². The fourth-order valence-corrected chi connectivity index (χ4v) is 3.97. The summed E-state index contributed by atoms with van der Waals surface area (Å²) in [4.78, 5) is 2.51. The Hall–Kier alpha value is -0.570. The first-order valence-electron chi connectivity index (χ1n) is 11.8. The largest absolute Gasteiger partial charge is 0.387 e. The third-order valence-electron chi connectivity index (χ3n) is 5.84. The summed E-state index contributed by atoms with van der Waals surface area (Å²) < 4.78 is 0. The van der Waals surface area contributed by atoms with Gasteiger partial charge in [0.15, 0.2) is 0 Å². The Morgan fingerprint density at radius 1 is 0.750 bits per heavy atom. The van der Waals surface area contributed by atoms with Gasteiger partial charge in [0.2, 0.25) is 0 Å². The van der Waals surface area contributed by atoms with Crippen molar-refractivity contribution >= 4 is 11.6 Å². The smallest absolute Gasteiger partial charge is 0.0942 e. The topological polar surface area (TPSA) is 23.5 Å². The fourth-order valence-electron chi connectivity index (χ4n) is 3.85. The van der Waals surface area contributed by atoms with Gasteiger partial charge in [-0.05, 0) is 50.6 Å². The number of unbranched alkanes of at least 4 members (excludes halogenated alkanes) is 10. The monoisotopic (exact) mass is 409 g/mol. The molecule has 0 unspecified atom stereocenters. The quantitative estimate of drug-likeness (QED) is 0.265. The number of rotatable bonds is 17. The van der Waals surface area contributed by atoms with E-state index in [-0.39, 0.29) is 6.04 Å². The molecule has 0 bridgehead atoms. The zero-order valence-electron chi connectivity index (χ0n) is 18.6. The third kappa shape index (κ3) is 10.8. The molecular formula is C25H44ClNO. The van der Waals surface area contributed by atoms with Gasteiger partial charge in [0.1, 0.15) is 0 Å². The van der Waals surface area contributed by atoms with Gasteiger partial charge < -0.3 is 5.11 Å². The number of hydrogen-bond donors (Lipinski definition) is 1. The zero-order chi connectivity index (χ0) is 20.6. The van der Waals surface area contributed by atoms with Crippen molar-refractivity contribution in [3.8, 4) is 0 Å². The molecule has 0 saturated heterocycles. The average Bonchev–Trinajstić information content (AvgIpc) is 2.71. The molecule has 162 valence electrons. The van der Waals surface area contributed by atoms with Gasteiger partial charge in [0.25, 0.3) is 0 Å². The second-order valence-corrected chi connectivity index (χ2v) is 8.74. The maximum Gasteiger partial charge on any atom is 0.0942 e. The first kappa shape index (κ1) is 25.5. The predicted molar refractivity (Wildman–Crippen MR) is 124 cm³/mol. The Labute approximate surface area is 179 Å². The maximum absolute atomic E-state index is 10.9. The number of benzene rings is 1. The van der Waals surface area contributed by atoms with Crippen LogP contribution in [0.2, 0.25) is 5.02 Å². The van der Waals surface area contributed by atoms with Crippen LogP contribution in [-0.4, -0.2) is 29.1 Å². The van der Waals surface area contributed by atoms with Crippen LogP contribution in [0.1, 0.15) is 109 Å². The van der Waals surface area contributed by atoms with Crippen LogP contribution in [0.3, 0.4) is 0 Å². The molecular weight excluding hydrogens is 366 g/mol. The van der Waals surface area contributed by atoms with Crippen LogP contribution in [0.25, 0.3) is 0 Å². The second kappa shape index (κ2) is 16.3. The standard InChI is InChI=1S/C25H44ClNO/c1-4-6-8-10-12-14-20-27(21-15-13-11-9-7-5-2)22(3)25(28)23-16-18-24(26)19-17-23/h16-19,22,25,28H,4-15,20-21H2,1-3H3/t22-,25+/m0/s1. The van der Waals surface area contributed by atoms with Gasteiger partial charge in [-0.3, -0.25) is 4.90 Å². The van der Waals surface area contributed by atoms with Crippen LogP contribution in [0, 0.1) is 0 Å².